The fourth-order valence-corrected chi connectivity index (χ4v) is 10.9. The van der Waals surface area contributed by atoms with Crippen LogP contribution in [0.25, 0.3) is 0 Å². The average molecular weight is 630 g/mol. The van der Waals surface area contributed by atoms with E-state index in [2.05, 4.69) is 33.9 Å². The lowest BCUT2D eigenvalue weighted by Crippen LogP contribution is -2.70. The highest BCUT2D eigenvalue weighted by atomic mass is 32.2. The zero-order valence-corrected chi connectivity index (χ0v) is 28.0. The lowest BCUT2D eigenvalue weighted by Gasteiger charge is -2.52. The molecule has 3 saturated heterocycles. The molecule has 9 nitrogen and oxygen atoms in total. The van der Waals surface area contributed by atoms with Gasteiger partial charge in [0.15, 0.2) is 30.5 Å². The van der Waals surface area contributed by atoms with E-state index in [4.69, 9.17) is 18.6 Å². The van der Waals surface area contributed by atoms with Crippen LogP contribution in [0.2, 0.25) is 18.1 Å². The summed E-state index contributed by atoms with van der Waals surface area (Å²) in [5.74, 6) is -1.84. The number of carbonyl (C=O) groups excluding carboxylic acids is 2. The summed E-state index contributed by atoms with van der Waals surface area (Å²) in [6.45, 7) is 14.1. The molecule has 43 heavy (non-hydrogen) atoms. The van der Waals surface area contributed by atoms with Gasteiger partial charge >= 0.3 is 5.97 Å². The van der Waals surface area contributed by atoms with E-state index in [9.17, 15) is 18.0 Å². The molecule has 0 unspecified atom stereocenters. The molecule has 0 aromatic heterocycles. The maximum absolute atomic E-state index is 14.9. The van der Waals surface area contributed by atoms with Gasteiger partial charge in [-0.1, -0.05) is 69.3 Å². The Balaban J connectivity index is 1.63. The molecule has 11 heteroatoms. The van der Waals surface area contributed by atoms with Crippen molar-refractivity contribution < 1.29 is 36.6 Å². The Kier molecular flexibility index (Phi) is 8.00. The fraction of sp³-hybridized carbons (Fsp3) is 0.562. The Morgan fingerprint density at radius 2 is 1.67 bits per heavy atom. The van der Waals surface area contributed by atoms with Crippen molar-refractivity contribution >= 4 is 30.0 Å². The summed E-state index contributed by atoms with van der Waals surface area (Å²) < 4.78 is 52.4. The van der Waals surface area contributed by atoms with Crippen LogP contribution in [0.5, 0.6) is 0 Å². The van der Waals surface area contributed by atoms with Gasteiger partial charge < -0.3 is 23.5 Å². The lowest BCUT2D eigenvalue weighted by molar-refractivity contribution is -0.203. The molecule has 3 heterocycles. The smallest absolute Gasteiger partial charge is 0.331 e. The minimum absolute atomic E-state index is 0.0412. The first-order valence-corrected chi connectivity index (χ1v) is 19.1. The van der Waals surface area contributed by atoms with Crippen molar-refractivity contribution in [1.29, 1.82) is 0 Å². The molecule has 1 amide bonds. The number of hydrogen-bond donors (Lipinski definition) is 0. The van der Waals surface area contributed by atoms with Gasteiger partial charge in [-0.3, -0.25) is 4.79 Å². The Bertz CT molecular complexity index is 1480. The van der Waals surface area contributed by atoms with Gasteiger partial charge in [0, 0.05) is 13.5 Å². The van der Waals surface area contributed by atoms with Gasteiger partial charge in [-0.05, 0) is 49.7 Å². The zero-order chi connectivity index (χ0) is 31.6. The van der Waals surface area contributed by atoms with Gasteiger partial charge in [0.05, 0.1) is 23.0 Å². The summed E-state index contributed by atoms with van der Waals surface area (Å²) in [6, 6.07) is 15.0. The first kappa shape index (κ1) is 31.8. The third kappa shape index (κ3) is 4.70. The van der Waals surface area contributed by atoms with Gasteiger partial charge in [0.2, 0.25) is 5.91 Å². The van der Waals surface area contributed by atoms with E-state index >= 15 is 0 Å². The molecule has 2 aromatic carbocycles. The largest absolute Gasteiger partial charge is 0.459 e. The third-order valence-corrected chi connectivity index (χ3v) is 17.4. The second-order valence-electron chi connectivity index (χ2n) is 13.6. The number of carbonyl (C=O) groups is 2. The number of sulfone groups is 1. The number of rotatable bonds is 9. The summed E-state index contributed by atoms with van der Waals surface area (Å²) in [5.41, 5.74) is -0.752. The van der Waals surface area contributed by atoms with E-state index in [-0.39, 0.29) is 28.9 Å². The molecule has 0 saturated carbocycles. The minimum atomic E-state index is -4.30. The molecule has 3 aliphatic rings. The highest BCUT2D eigenvalue weighted by Gasteiger charge is 2.85. The topological polar surface area (TPSA) is 108 Å². The van der Waals surface area contributed by atoms with Crippen molar-refractivity contribution in [1.82, 2.24) is 4.90 Å². The highest BCUT2D eigenvalue weighted by Crippen LogP contribution is 2.64. The van der Waals surface area contributed by atoms with Crippen LogP contribution >= 0.6 is 0 Å². The van der Waals surface area contributed by atoms with Crippen molar-refractivity contribution in [3.05, 3.63) is 66.2 Å². The molecule has 0 radical (unpaired) electrons. The molecule has 0 bridgehead atoms. The second-order valence-corrected chi connectivity index (χ2v) is 20.6. The van der Waals surface area contributed by atoms with Crippen LogP contribution < -0.4 is 0 Å². The molecule has 5 rings (SSSR count). The molecule has 3 fully saturated rings. The van der Waals surface area contributed by atoms with E-state index in [1.807, 2.05) is 37.3 Å². The van der Waals surface area contributed by atoms with Crippen LogP contribution in [0.3, 0.4) is 0 Å². The number of amides is 1. The summed E-state index contributed by atoms with van der Waals surface area (Å²) in [7, 11) is -5.16. The SMILES string of the molecule is CO[C@@H]1C[C@@]2(S(=O)(=O)c3ccccc3)[C@H](C(=O)OCc3ccccc3)N3C(=O)[C@H]([C@@H](C)O[Si](C)(C)C(C)(C)C)[C@H]3[C@@]2(C)O1. The number of ether oxygens (including phenoxy) is 3. The van der Waals surface area contributed by atoms with Crippen LogP contribution in [0, 0.1) is 5.92 Å². The molecular weight excluding hydrogens is 587 g/mol. The van der Waals surface area contributed by atoms with Crippen molar-refractivity contribution in [2.75, 3.05) is 7.11 Å². The predicted molar refractivity (Wildman–Crippen MR) is 163 cm³/mol. The zero-order valence-electron chi connectivity index (χ0n) is 26.2. The monoisotopic (exact) mass is 629 g/mol. The van der Waals surface area contributed by atoms with Crippen LogP contribution in [-0.4, -0.2) is 75.4 Å². The van der Waals surface area contributed by atoms with Crippen molar-refractivity contribution in [3.8, 4) is 0 Å². The first-order valence-electron chi connectivity index (χ1n) is 14.7. The van der Waals surface area contributed by atoms with Crippen molar-refractivity contribution in [3.63, 3.8) is 0 Å². The molecule has 2 aromatic rings. The van der Waals surface area contributed by atoms with Gasteiger partial charge in [-0.15, -0.1) is 0 Å². The molecule has 7 atom stereocenters. The summed E-state index contributed by atoms with van der Waals surface area (Å²) in [4.78, 5) is 29.7. The van der Waals surface area contributed by atoms with Crippen molar-refractivity contribution in [2.24, 2.45) is 5.92 Å². The Hall–Kier alpha value is -2.57. The number of hydrogen-bond acceptors (Lipinski definition) is 8. The van der Waals surface area contributed by atoms with E-state index in [1.54, 1.807) is 25.1 Å². The van der Waals surface area contributed by atoms with Crippen LogP contribution in [0.1, 0.15) is 46.6 Å². The second kappa shape index (κ2) is 10.8. The van der Waals surface area contributed by atoms with E-state index in [0.29, 0.717) is 0 Å². The molecule has 0 spiro atoms. The Morgan fingerprint density at radius 1 is 1.09 bits per heavy atom. The maximum atomic E-state index is 14.9. The highest BCUT2D eigenvalue weighted by molar-refractivity contribution is 7.93. The summed E-state index contributed by atoms with van der Waals surface area (Å²) in [6.07, 6.45) is -1.59. The van der Waals surface area contributed by atoms with Gasteiger partial charge in [-0.25, -0.2) is 13.2 Å². The van der Waals surface area contributed by atoms with Gasteiger partial charge in [-0.2, -0.15) is 0 Å². The molecule has 0 aliphatic carbocycles. The molecule has 3 aliphatic heterocycles. The quantitative estimate of drug-likeness (QED) is 0.223. The lowest BCUT2D eigenvalue weighted by atomic mass is 9.74. The number of β-lactam (4-membered cyclic amide) rings is 1. The predicted octanol–water partition coefficient (Wildman–Crippen LogP) is 4.71. The summed E-state index contributed by atoms with van der Waals surface area (Å²) >= 11 is 0. The van der Waals surface area contributed by atoms with Crippen molar-refractivity contribution in [2.45, 2.75) is 105 Å². The van der Waals surface area contributed by atoms with E-state index < -0.39 is 64.9 Å². The number of benzene rings is 2. The number of fused-ring (bicyclic) bond motifs is 3. The Labute approximate surface area is 255 Å². The normalized spacial score (nSPS) is 31.3. The first-order chi connectivity index (χ1) is 20.0. The van der Waals surface area contributed by atoms with Crippen LogP contribution in [-0.2, 0) is 44.7 Å². The molecule has 234 valence electrons. The minimum Gasteiger partial charge on any atom is -0.459 e. The molecular formula is C32H43NO8SSi. The van der Waals surface area contributed by atoms with Gasteiger partial charge in [0.25, 0.3) is 0 Å². The van der Waals surface area contributed by atoms with E-state index in [1.165, 1.54) is 24.1 Å². The average Bonchev–Trinajstić information content (AvgIpc) is 3.35. The summed E-state index contributed by atoms with van der Waals surface area (Å²) in [5, 5.41) is -0.109. The maximum Gasteiger partial charge on any atom is 0.331 e. The molecule has 0 N–H and O–H groups in total. The van der Waals surface area contributed by atoms with Gasteiger partial charge in [0.1, 0.15) is 17.0 Å². The standard InChI is InChI=1S/C32H43NO8SSi/c1-21(41-43(7,8)30(2,3)4)25-26-31(5)32(19-24(38-6)40-31,42(36,37)23-17-13-10-14-18-23)27(33(26)28(25)34)29(35)39-20-22-15-11-9-12-16-22/h9-18,21,24-27H,19-20H2,1-8H3/t21-,24+,25-,26+,27+,31-,32-/m1/s1. The van der Waals surface area contributed by atoms with Crippen LogP contribution in [0.15, 0.2) is 65.6 Å². The number of esters is 1. The Morgan fingerprint density at radius 3 is 2.23 bits per heavy atom. The third-order valence-electron chi connectivity index (χ3n) is 10.2. The number of methoxy groups -OCH3 is 1. The van der Waals surface area contributed by atoms with E-state index in [0.717, 1.165) is 5.56 Å². The number of nitrogens with zero attached hydrogens (tertiary/aromatic N) is 1. The van der Waals surface area contributed by atoms with Crippen LogP contribution in [0.4, 0.5) is 0 Å². The fourth-order valence-electron chi connectivity index (χ4n) is 6.97.